The van der Waals surface area contributed by atoms with Gasteiger partial charge in [0.15, 0.2) is 0 Å². The molecule has 18 heavy (non-hydrogen) atoms. The Bertz CT molecular complexity index is 417. The Kier molecular flexibility index (Phi) is 3.96. The van der Waals surface area contributed by atoms with Crippen molar-refractivity contribution < 1.29 is 19.4 Å². The van der Waals surface area contributed by atoms with E-state index < -0.39 is 23.1 Å². The maximum absolute atomic E-state index is 12.0. The maximum Gasteiger partial charge on any atom is 0.342 e. The van der Waals surface area contributed by atoms with Gasteiger partial charge in [-0.05, 0) is 39.2 Å². The first-order chi connectivity index (χ1) is 8.18. The fraction of sp³-hybridized carbons (Fsp3) is 0.538. The van der Waals surface area contributed by atoms with E-state index in [-0.39, 0.29) is 0 Å². The van der Waals surface area contributed by atoms with E-state index in [1.807, 2.05) is 6.08 Å². The van der Waals surface area contributed by atoms with Crippen LogP contribution < -0.4 is 5.73 Å². The quantitative estimate of drug-likeness (QED) is 0.450. The van der Waals surface area contributed by atoms with E-state index in [9.17, 15) is 14.7 Å². The molecule has 0 radical (unpaired) electrons. The first-order valence-electron chi connectivity index (χ1n) is 5.78. The average Bonchev–Trinajstić information content (AvgIpc) is 2.26. The minimum Gasteiger partial charge on any atom is -0.479 e. The summed E-state index contributed by atoms with van der Waals surface area (Å²) in [6, 6.07) is 0. The number of rotatable bonds is 3. The van der Waals surface area contributed by atoms with Gasteiger partial charge in [0.2, 0.25) is 5.54 Å². The van der Waals surface area contributed by atoms with Crippen LogP contribution in [0.1, 0.15) is 33.6 Å². The summed E-state index contributed by atoms with van der Waals surface area (Å²) in [5, 5.41) is 9.26. The number of hydrogen-bond donors (Lipinski definition) is 2. The summed E-state index contributed by atoms with van der Waals surface area (Å²) in [6.07, 6.45) is 6.27. The van der Waals surface area contributed by atoms with Crippen LogP contribution in [0.25, 0.3) is 0 Å². The van der Waals surface area contributed by atoms with E-state index in [0.29, 0.717) is 18.4 Å². The van der Waals surface area contributed by atoms with Gasteiger partial charge >= 0.3 is 11.9 Å². The average molecular weight is 253 g/mol. The van der Waals surface area contributed by atoms with Crippen molar-refractivity contribution in [1.82, 2.24) is 0 Å². The van der Waals surface area contributed by atoms with Gasteiger partial charge in [-0.1, -0.05) is 18.2 Å². The van der Waals surface area contributed by atoms with Gasteiger partial charge in [0.05, 0.1) is 0 Å². The van der Waals surface area contributed by atoms with Crippen LogP contribution in [0.4, 0.5) is 0 Å². The molecular formula is C13H19NO4. The zero-order valence-electron chi connectivity index (χ0n) is 10.9. The van der Waals surface area contributed by atoms with Crippen molar-refractivity contribution in [3.8, 4) is 0 Å². The molecule has 0 amide bonds. The molecule has 1 aliphatic rings. The number of allylic oxidation sites excluding steroid dienone is 3. The molecule has 0 heterocycles. The highest BCUT2D eigenvalue weighted by Gasteiger charge is 2.48. The van der Waals surface area contributed by atoms with Crippen LogP contribution >= 0.6 is 0 Å². The molecule has 0 fully saturated rings. The Balaban J connectivity index is 3.04. The van der Waals surface area contributed by atoms with Crippen LogP contribution in [0.5, 0.6) is 0 Å². The second kappa shape index (κ2) is 4.94. The van der Waals surface area contributed by atoms with Crippen LogP contribution in [0.15, 0.2) is 23.8 Å². The molecule has 0 unspecified atom stereocenters. The highest BCUT2D eigenvalue weighted by molar-refractivity contribution is 6.07. The summed E-state index contributed by atoms with van der Waals surface area (Å²) in [7, 11) is 0. The lowest BCUT2D eigenvalue weighted by Gasteiger charge is -2.30. The number of carbonyl (C=O) groups is 2. The molecule has 100 valence electrons. The molecule has 0 aromatic heterocycles. The van der Waals surface area contributed by atoms with Gasteiger partial charge in [0.1, 0.15) is 5.60 Å². The van der Waals surface area contributed by atoms with Gasteiger partial charge in [-0.25, -0.2) is 9.59 Å². The third-order valence-corrected chi connectivity index (χ3v) is 2.57. The number of carbonyl (C=O) groups excluding carboxylic acids is 1. The van der Waals surface area contributed by atoms with Crippen molar-refractivity contribution in [1.29, 1.82) is 0 Å². The number of esters is 1. The van der Waals surface area contributed by atoms with Crippen molar-refractivity contribution in [3.63, 3.8) is 0 Å². The molecule has 0 saturated carbocycles. The fourth-order valence-electron chi connectivity index (χ4n) is 1.64. The van der Waals surface area contributed by atoms with Gasteiger partial charge < -0.3 is 15.6 Å². The Morgan fingerprint density at radius 2 is 1.94 bits per heavy atom. The zero-order valence-corrected chi connectivity index (χ0v) is 10.9. The van der Waals surface area contributed by atoms with Crippen molar-refractivity contribution >= 4 is 11.9 Å². The third-order valence-electron chi connectivity index (χ3n) is 2.57. The Labute approximate surface area is 106 Å². The predicted octanol–water partition coefficient (Wildman–Crippen LogP) is 1.39. The standard InChI is InChI=1S/C13H19NO4/c1-12(2,3)18-11(17)13(14,10(15)16)9-7-5-4-6-8-9/h4-5,8H,6-7,14H2,1-3H3,(H,15,16)/t13-/m1/s1. The molecule has 0 aliphatic heterocycles. The van der Waals surface area contributed by atoms with Crippen molar-refractivity contribution in [2.45, 2.75) is 44.8 Å². The highest BCUT2D eigenvalue weighted by Crippen LogP contribution is 2.26. The molecule has 0 spiro atoms. The number of carboxylic acids is 1. The van der Waals surface area contributed by atoms with Gasteiger partial charge in [-0.15, -0.1) is 0 Å². The van der Waals surface area contributed by atoms with E-state index in [1.165, 1.54) is 0 Å². The van der Waals surface area contributed by atoms with Gasteiger partial charge in [-0.3, -0.25) is 0 Å². The second-order valence-corrected chi connectivity index (χ2v) is 5.26. The van der Waals surface area contributed by atoms with Crippen molar-refractivity contribution in [2.75, 3.05) is 0 Å². The lowest BCUT2D eigenvalue weighted by atomic mass is 9.85. The smallest absolute Gasteiger partial charge is 0.342 e. The first kappa shape index (κ1) is 14.4. The normalized spacial score (nSPS) is 18.8. The van der Waals surface area contributed by atoms with E-state index >= 15 is 0 Å². The molecule has 1 atom stereocenters. The van der Waals surface area contributed by atoms with Gasteiger partial charge in [0, 0.05) is 0 Å². The lowest BCUT2D eigenvalue weighted by Crippen LogP contribution is -2.58. The summed E-state index contributed by atoms with van der Waals surface area (Å²) in [4.78, 5) is 23.4. The number of carboxylic acid groups (broad SMARTS) is 1. The van der Waals surface area contributed by atoms with Crippen molar-refractivity contribution in [2.24, 2.45) is 5.73 Å². The molecule has 0 aromatic rings. The molecule has 3 N–H and O–H groups in total. The van der Waals surface area contributed by atoms with Crippen LogP contribution in [-0.2, 0) is 14.3 Å². The predicted molar refractivity (Wildman–Crippen MR) is 66.9 cm³/mol. The minimum atomic E-state index is -2.10. The molecule has 5 heteroatoms. The summed E-state index contributed by atoms with van der Waals surface area (Å²) in [6.45, 7) is 5.01. The second-order valence-electron chi connectivity index (χ2n) is 5.26. The number of nitrogens with two attached hydrogens (primary N) is 1. The van der Waals surface area contributed by atoms with Gasteiger partial charge in [0.25, 0.3) is 0 Å². The monoisotopic (exact) mass is 253 g/mol. The lowest BCUT2D eigenvalue weighted by molar-refractivity contribution is -0.166. The fourth-order valence-corrected chi connectivity index (χ4v) is 1.64. The SMILES string of the molecule is CC(C)(C)OC(=O)[C@](N)(C(=O)O)C1=CCC=CC1. The van der Waals surface area contributed by atoms with E-state index in [2.05, 4.69) is 0 Å². The summed E-state index contributed by atoms with van der Waals surface area (Å²) in [5.74, 6) is -2.32. The zero-order chi connectivity index (χ0) is 14.0. The van der Waals surface area contributed by atoms with Crippen LogP contribution in [0, 0.1) is 0 Å². The number of ether oxygens (including phenoxy) is 1. The topological polar surface area (TPSA) is 89.6 Å². The third kappa shape index (κ3) is 2.98. The van der Waals surface area contributed by atoms with Gasteiger partial charge in [-0.2, -0.15) is 0 Å². The van der Waals surface area contributed by atoms with E-state index in [4.69, 9.17) is 10.5 Å². The number of aliphatic carboxylic acids is 1. The molecule has 0 saturated heterocycles. The molecule has 5 nitrogen and oxygen atoms in total. The Hall–Kier alpha value is -1.62. The first-order valence-corrected chi connectivity index (χ1v) is 5.78. The summed E-state index contributed by atoms with van der Waals surface area (Å²) in [5.41, 5.74) is 3.28. The summed E-state index contributed by atoms with van der Waals surface area (Å²) < 4.78 is 5.11. The Morgan fingerprint density at radius 1 is 1.33 bits per heavy atom. The van der Waals surface area contributed by atoms with E-state index in [0.717, 1.165) is 0 Å². The number of hydrogen-bond acceptors (Lipinski definition) is 4. The molecule has 1 aliphatic carbocycles. The van der Waals surface area contributed by atoms with Crippen LogP contribution in [0.3, 0.4) is 0 Å². The van der Waals surface area contributed by atoms with Crippen molar-refractivity contribution in [3.05, 3.63) is 23.8 Å². The van der Waals surface area contributed by atoms with Crippen LogP contribution in [-0.4, -0.2) is 28.2 Å². The molecular weight excluding hydrogens is 234 g/mol. The highest BCUT2D eigenvalue weighted by atomic mass is 16.6. The molecule has 0 bridgehead atoms. The molecule has 0 aromatic carbocycles. The largest absolute Gasteiger partial charge is 0.479 e. The maximum atomic E-state index is 12.0. The Morgan fingerprint density at radius 3 is 2.33 bits per heavy atom. The van der Waals surface area contributed by atoms with E-state index in [1.54, 1.807) is 32.9 Å². The molecule has 1 rings (SSSR count). The summed E-state index contributed by atoms with van der Waals surface area (Å²) >= 11 is 0. The van der Waals surface area contributed by atoms with Crippen LogP contribution in [0.2, 0.25) is 0 Å². The minimum absolute atomic E-state index is 0.349.